The largest absolute Gasteiger partial charge is 0.489 e. The number of nitriles is 1. The minimum Gasteiger partial charge on any atom is -0.489 e. The van der Waals surface area contributed by atoms with Gasteiger partial charge in [-0.05, 0) is 62.4 Å². The van der Waals surface area contributed by atoms with Gasteiger partial charge in [-0.15, -0.1) is 6.42 Å². The molecule has 0 aromatic carbocycles. The van der Waals surface area contributed by atoms with E-state index >= 15 is 0 Å². The van der Waals surface area contributed by atoms with E-state index < -0.39 is 5.60 Å². The molecule has 0 saturated carbocycles. The second-order valence-corrected chi connectivity index (χ2v) is 11.5. The highest BCUT2D eigenvalue weighted by atomic mass is 16.5. The lowest BCUT2D eigenvalue weighted by molar-refractivity contribution is 0.0283. The first kappa shape index (κ1) is 27.8. The van der Waals surface area contributed by atoms with Crippen LogP contribution in [-0.2, 0) is 0 Å². The van der Waals surface area contributed by atoms with Gasteiger partial charge >= 0.3 is 0 Å². The number of terminal acetylenes is 1. The summed E-state index contributed by atoms with van der Waals surface area (Å²) in [6.07, 6.45) is 14.2. The lowest BCUT2D eigenvalue weighted by Crippen LogP contribution is -2.40. The summed E-state index contributed by atoms with van der Waals surface area (Å²) in [5.41, 5.74) is 2.64. The van der Waals surface area contributed by atoms with Crippen molar-refractivity contribution in [2.75, 3.05) is 24.6 Å². The Balaban J connectivity index is 1.31. The van der Waals surface area contributed by atoms with Gasteiger partial charge in [-0.1, -0.05) is 12.8 Å². The Bertz CT molecular complexity index is 1660. The molecular formula is C32H32N6O3. The highest BCUT2D eigenvalue weighted by Crippen LogP contribution is 2.37. The summed E-state index contributed by atoms with van der Waals surface area (Å²) in [5.74, 6) is 3.95. The number of aromatic nitrogens is 4. The number of hydrogen-bond acceptors (Lipinski definition) is 8. The molecule has 5 rings (SSSR count). The Labute approximate surface area is 239 Å². The summed E-state index contributed by atoms with van der Waals surface area (Å²) in [5, 5.41) is 24.1. The zero-order chi connectivity index (χ0) is 29.2. The predicted molar refractivity (Wildman–Crippen MR) is 156 cm³/mol. The fourth-order valence-electron chi connectivity index (χ4n) is 5.07. The molecule has 1 N–H and O–H groups in total. The Morgan fingerprint density at radius 1 is 1.20 bits per heavy atom. The molecule has 208 valence electrons. The minimum absolute atomic E-state index is 0.0113. The number of anilines is 1. The summed E-state index contributed by atoms with van der Waals surface area (Å²) in [7, 11) is 0. The Kier molecular flexibility index (Phi) is 7.49. The number of Topliss-reactive ketones (excluding diaryl/α,β-unsaturated/α-hetero) is 1. The molecule has 0 bridgehead atoms. The maximum atomic E-state index is 12.9. The maximum absolute atomic E-state index is 12.9. The Morgan fingerprint density at radius 2 is 1.98 bits per heavy atom. The number of nitrogens with zero attached hydrogens (tertiary/aromatic N) is 6. The maximum Gasteiger partial charge on any atom is 0.181 e. The van der Waals surface area contributed by atoms with Crippen molar-refractivity contribution in [3.63, 3.8) is 0 Å². The van der Waals surface area contributed by atoms with Gasteiger partial charge in [-0.2, -0.15) is 10.4 Å². The molecule has 1 fully saturated rings. The summed E-state index contributed by atoms with van der Waals surface area (Å²) >= 11 is 0. The molecule has 9 nitrogen and oxygen atoms in total. The first-order chi connectivity index (χ1) is 19.6. The van der Waals surface area contributed by atoms with Crippen molar-refractivity contribution < 1.29 is 14.6 Å². The number of hydrogen-bond donors (Lipinski definition) is 1. The van der Waals surface area contributed by atoms with Gasteiger partial charge in [0, 0.05) is 48.6 Å². The molecule has 4 aromatic heterocycles. The van der Waals surface area contributed by atoms with E-state index in [1.807, 2.05) is 18.2 Å². The second-order valence-electron chi connectivity index (χ2n) is 11.5. The molecule has 0 amide bonds. The molecule has 1 aliphatic heterocycles. The number of ether oxygens (including phenoxy) is 1. The van der Waals surface area contributed by atoms with Gasteiger partial charge in [0.2, 0.25) is 0 Å². The fraction of sp³-hybridized carbons (Fsp3) is 0.344. The summed E-state index contributed by atoms with van der Waals surface area (Å²) in [4.78, 5) is 24.1. The second kappa shape index (κ2) is 11.0. The quantitative estimate of drug-likeness (QED) is 0.249. The summed E-state index contributed by atoms with van der Waals surface area (Å²) < 4.78 is 7.45. The predicted octanol–water partition coefficient (Wildman–Crippen LogP) is 4.67. The van der Waals surface area contributed by atoms with E-state index in [9.17, 15) is 15.2 Å². The summed E-state index contributed by atoms with van der Waals surface area (Å²) in [6.45, 7) is 7.16. The van der Waals surface area contributed by atoms with Crippen molar-refractivity contribution in [2.24, 2.45) is 5.41 Å². The molecule has 0 atom stereocenters. The van der Waals surface area contributed by atoms with E-state index in [2.05, 4.69) is 33.9 Å². The van der Waals surface area contributed by atoms with Crippen LogP contribution in [0.2, 0.25) is 0 Å². The first-order valence-corrected chi connectivity index (χ1v) is 13.5. The van der Waals surface area contributed by atoms with Crippen molar-refractivity contribution in [1.29, 1.82) is 5.26 Å². The first-order valence-electron chi connectivity index (χ1n) is 13.5. The highest BCUT2D eigenvalue weighted by Gasteiger charge is 2.33. The molecule has 41 heavy (non-hydrogen) atoms. The van der Waals surface area contributed by atoms with Gasteiger partial charge in [0.1, 0.15) is 29.9 Å². The molecule has 9 heteroatoms. The van der Waals surface area contributed by atoms with Crippen LogP contribution in [0.5, 0.6) is 5.75 Å². The van der Waals surface area contributed by atoms with Crippen molar-refractivity contribution >= 4 is 17.1 Å². The normalized spacial score (nSPS) is 14.8. The SMILES string of the molecule is C#Cc1ccnc(C(=O)CC2(C)CCN(c3ccc(-c4cc(OCC(C)(C)O)cn5ncc(C#N)c45)cn3)CC2)c1. The van der Waals surface area contributed by atoms with Gasteiger partial charge < -0.3 is 14.7 Å². The molecular weight excluding hydrogens is 516 g/mol. The van der Waals surface area contributed by atoms with Crippen LogP contribution in [0.3, 0.4) is 0 Å². The van der Waals surface area contributed by atoms with Crippen molar-refractivity contribution in [3.8, 4) is 35.3 Å². The van der Waals surface area contributed by atoms with E-state index in [1.54, 1.807) is 49.1 Å². The third-order valence-corrected chi connectivity index (χ3v) is 7.45. The van der Waals surface area contributed by atoms with Crippen LogP contribution >= 0.6 is 0 Å². The number of ketones is 1. The number of carbonyl (C=O) groups excluding carboxylic acids is 1. The van der Waals surface area contributed by atoms with Crippen molar-refractivity contribution in [1.82, 2.24) is 19.6 Å². The Morgan fingerprint density at radius 3 is 2.63 bits per heavy atom. The minimum atomic E-state index is -0.998. The zero-order valence-electron chi connectivity index (χ0n) is 23.5. The van der Waals surface area contributed by atoms with Crippen LogP contribution < -0.4 is 9.64 Å². The lowest BCUT2D eigenvalue weighted by Gasteiger charge is -2.39. The van der Waals surface area contributed by atoms with Gasteiger partial charge in [0.15, 0.2) is 5.78 Å². The smallest absolute Gasteiger partial charge is 0.181 e. The zero-order valence-corrected chi connectivity index (χ0v) is 23.5. The van der Waals surface area contributed by atoms with E-state index in [4.69, 9.17) is 16.1 Å². The van der Waals surface area contributed by atoms with Crippen LogP contribution in [0.1, 0.15) is 61.6 Å². The number of pyridine rings is 3. The molecule has 0 spiro atoms. The third-order valence-electron chi connectivity index (χ3n) is 7.45. The molecule has 0 radical (unpaired) electrons. The lowest BCUT2D eigenvalue weighted by atomic mass is 9.76. The topological polar surface area (TPSA) is 117 Å². The molecule has 0 aliphatic carbocycles. The standard InChI is InChI=1S/C32H32N6O3/c1-5-22-8-11-34-27(14-22)28(39)16-32(4)9-12-37(13-10-32)29-7-6-23(18-35-29)26-15-25(41-21-31(2,3)40)20-38-30(26)24(17-33)19-36-38/h1,6-8,11,14-15,18-20,40H,9-10,12-13,16,21H2,2-4H3. The number of fused-ring (bicyclic) bond motifs is 1. The van der Waals surface area contributed by atoms with Gasteiger partial charge in [-0.25, -0.2) is 9.50 Å². The van der Waals surface area contributed by atoms with Gasteiger partial charge in [0.05, 0.1) is 29.1 Å². The molecule has 1 saturated heterocycles. The van der Waals surface area contributed by atoms with Crippen LogP contribution in [-0.4, -0.2) is 55.8 Å². The van der Waals surface area contributed by atoms with Crippen LogP contribution in [0.25, 0.3) is 16.6 Å². The van der Waals surface area contributed by atoms with Crippen LogP contribution in [0.4, 0.5) is 5.82 Å². The van der Waals surface area contributed by atoms with Crippen LogP contribution in [0.15, 0.2) is 55.1 Å². The number of carbonyl (C=O) groups is 1. The number of aliphatic hydroxyl groups is 1. The van der Waals surface area contributed by atoms with Gasteiger partial charge in [-0.3, -0.25) is 9.78 Å². The van der Waals surface area contributed by atoms with E-state index in [-0.39, 0.29) is 17.8 Å². The van der Waals surface area contributed by atoms with Crippen molar-refractivity contribution in [2.45, 2.75) is 45.6 Å². The van der Waals surface area contributed by atoms with E-state index in [1.165, 1.54) is 6.20 Å². The highest BCUT2D eigenvalue weighted by molar-refractivity contribution is 5.95. The third kappa shape index (κ3) is 6.21. The van der Waals surface area contributed by atoms with E-state index in [0.717, 1.165) is 42.9 Å². The van der Waals surface area contributed by atoms with Crippen LogP contribution in [0, 0.1) is 29.1 Å². The molecule has 4 aromatic rings. The Hall–Kier alpha value is -4.73. The van der Waals surface area contributed by atoms with E-state index in [0.29, 0.717) is 34.5 Å². The molecule has 0 unspecified atom stereocenters. The average molecular weight is 549 g/mol. The number of rotatable bonds is 8. The number of piperidine rings is 1. The average Bonchev–Trinajstić information content (AvgIpc) is 3.39. The summed E-state index contributed by atoms with van der Waals surface area (Å²) in [6, 6.07) is 11.4. The monoisotopic (exact) mass is 548 g/mol. The fourth-order valence-corrected chi connectivity index (χ4v) is 5.07. The van der Waals surface area contributed by atoms with Gasteiger partial charge in [0.25, 0.3) is 0 Å². The molecule has 1 aliphatic rings. The van der Waals surface area contributed by atoms with Crippen molar-refractivity contribution in [3.05, 3.63) is 71.9 Å². The molecule has 5 heterocycles.